The summed E-state index contributed by atoms with van der Waals surface area (Å²) < 4.78 is 7.30. The second-order valence-electron chi connectivity index (χ2n) is 9.63. The highest BCUT2D eigenvalue weighted by Crippen LogP contribution is 2.48. The van der Waals surface area contributed by atoms with E-state index in [9.17, 15) is 4.79 Å². The first-order chi connectivity index (χ1) is 17.6. The van der Waals surface area contributed by atoms with Crippen LogP contribution in [0.4, 0.5) is 5.95 Å². The molecule has 10 nitrogen and oxygen atoms in total. The van der Waals surface area contributed by atoms with Gasteiger partial charge >= 0.3 is 0 Å². The summed E-state index contributed by atoms with van der Waals surface area (Å²) in [7, 11) is 0. The van der Waals surface area contributed by atoms with E-state index in [1.165, 1.54) is 6.42 Å². The lowest BCUT2D eigenvalue weighted by atomic mass is 9.64. The summed E-state index contributed by atoms with van der Waals surface area (Å²) in [5.41, 5.74) is 9.15. The van der Waals surface area contributed by atoms with Crippen molar-refractivity contribution in [1.82, 2.24) is 34.8 Å². The Bertz CT molecular complexity index is 1350. The van der Waals surface area contributed by atoms with E-state index in [4.69, 9.17) is 15.2 Å². The molecule has 0 radical (unpaired) electrons. The van der Waals surface area contributed by atoms with Gasteiger partial charge in [0.25, 0.3) is 5.89 Å². The SMILES string of the molecule is Nc1ncc(-c2ccc(C3(c4noc(-c5cnn(CC(=O)N6CCCCC6)c5)n4)CCC3)cc2)cn1. The van der Waals surface area contributed by atoms with E-state index in [0.717, 1.165) is 61.9 Å². The predicted octanol–water partition coefficient (Wildman–Crippen LogP) is 3.45. The van der Waals surface area contributed by atoms with Crippen molar-refractivity contribution in [2.45, 2.75) is 50.5 Å². The fraction of sp³-hybridized carbons (Fsp3) is 0.385. The number of anilines is 1. The van der Waals surface area contributed by atoms with Crippen LogP contribution >= 0.6 is 0 Å². The molecule has 1 saturated heterocycles. The molecule has 0 unspecified atom stereocenters. The molecule has 2 aliphatic rings. The largest absolute Gasteiger partial charge is 0.368 e. The molecular formula is C26H28N8O2. The van der Waals surface area contributed by atoms with E-state index in [1.54, 1.807) is 29.5 Å². The summed E-state index contributed by atoms with van der Waals surface area (Å²) >= 11 is 0. The third-order valence-electron chi connectivity index (χ3n) is 7.39. The lowest BCUT2D eigenvalue weighted by molar-refractivity contribution is -0.132. The molecule has 10 heteroatoms. The van der Waals surface area contributed by atoms with Crippen molar-refractivity contribution in [2.24, 2.45) is 0 Å². The number of likely N-dealkylation sites (tertiary alicyclic amines) is 1. The van der Waals surface area contributed by atoms with E-state index in [0.29, 0.717) is 17.3 Å². The Kier molecular flexibility index (Phi) is 5.71. The van der Waals surface area contributed by atoms with E-state index < -0.39 is 0 Å². The molecule has 2 N–H and O–H groups in total. The Morgan fingerprint density at radius 1 is 0.944 bits per heavy atom. The summed E-state index contributed by atoms with van der Waals surface area (Å²) in [5.74, 6) is 1.46. The van der Waals surface area contributed by atoms with Crippen molar-refractivity contribution >= 4 is 11.9 Å². The average Bonchev–Trinajstić information content (AvgIpc) is 3.55. The van der Waals surface area contributed by atoms with Crippen LogP contribution in [0.1, 0.15) is 49.9 Å². The van der Waals surface area contributed by atoms with Gasteiger partial charge in [-0.1, -0.05) is 35.8 Å². The summed E-state index contributed by atoms with van der Waals surface area (Å²) in [6, 6.07) is 8.36. The van der Waals surface area contributed by atoms with Crippen LogP contribution in [0, 0.1) is 0 Å². The van der Waals surface area contributed by atoms with Gasteiger partial charge in [0, 0.05) is 37.2 Å². The number of amides is 1. The number of hydrogen-bond donors (Lipinski definition) is 1. The van der Waals surface area contributed by atoms with Gasteiger partial charge in [-0.3, -0.25) is 9.48 Å². The van der Waals surface area contributed by atoms with Crippen LogP contribution in [0.15, 0.2) is 53.6 Å². The maximum absolute atomic E-state index is 12.6. The Morgan fingerprint density at radius 3 is 2.39 bits per heavy atom. The first-order valence-corrected chi connectivity index (χ1v) is 12.4. The number of nitrogens with zero attached hydrogens (tertiary/aromatic N) is 7. The van der Waals surface area contributed by atoms with E-state index in [-0.39, 0.29) is 23.8 Å². The van der Waals surface area contributed by atoms with E-state index in [1.807, 2.05) is 4.90 Å². The van der Waals surface area contributed by atoms with Crippen LogP contribution in [0.3, 0.4) is 0 Å². The standard InChI is InChI=1S/C26H28N8O2/c27-25-28-13-19(14-29-25)18-5-7-21(8-6-18)26(9-4-10-26)24-31-23(36-32-24)20-15-30-34(16-20)17-22(35)33-11-2-1-3-12-33/h5-8,13-16H,1-4,9-12,17H2,(H2,27,28,29). The zero-order chi connectivity index (χ0) is 24.5. The summed E-state index contributed by atoms with van der Waals surface area (Å²) in [5, 5.41) is 8.72. The van der Waals surface area contributed by atoms with Crippen molar-refractivity contribution < 1.29 is 9.32 Å². The molecule has 1 aliphatic heterocycles. The number of nitrogen functional groups attached to an aromatic ring is 1. The van der Waals surface area contributed by atoms with Crippen molar-refractivity contribution in [2.75, 3.05) is 18.8 Å². The molecule has 1 aromatic carbocycles. The normalized spacial score (nSPS) is 17.1. The lowest BCUT2D eigenvalue weighted by Crippen LogP contribution is -2.37. The molecule has 1 aliphatic carbocycles. The minimum Gasteiger partial charge on any atom is -0.368 e. The Hall–Kier alpha value is -4.08. The molecule has 6 rings (SSSR count). The van der Waals surface area contributed by atoms with Gasteiger partial charge < -0.3 is 15.2 Å². The molecule has 36 heavy (non-hydrogen) atoms. The zero-order valence-corrected chi connectivity index (χ0v) is 20.0. The maximum atomic E-state index is 12.6. The van der Waals surface area contributed by atoms with Gasteiger partial charge in [-0.2, -0.15) is 10.1 Å². The highest BCUT2D eigenvalue weighted by molar-refractivity contribution is 5.76. The van der Waals surface area contributed by atoms with Gasteiger partial charge in [-0.25, -0.2) is 9.97 Å². The van der Waals surface area contributed by atoms with E-state index in [2.05, 4.69) is 44.5 Å². The number of rotatable bonds is 6. The predicted molar refractivity (Wildman–Crippen MR) is 132 cm³/mol. The van der Waals surface area contributed by atoms with Crippen molar-refractivity contribution in [3.63, 3.8) is 0 Å². The van der Waals surface area contributed by atoms with Gasteiger partial charge in [0.1, 0.15) is 6.54 Å². The third-order valence-corrected chi connectivity index (χ3v) is 7.39. The monoisotopic (exact) mass is 484 g/mol. The van der Waals surface area contributed by atoms with Crippen LogP contribution < -0.4 is 5.73 Å². The van der Waals surface area contributed by atoms with Gasteiger partial charge in [0.15, 0.2) is 5.82 Å². The molecule has 4 aromatic rings. The molecule has 184 valence electrons. The molecule has 1 amide bonds. The lowest BCUT2D eigenvalue weighted by Gasteiger charge is -2.39. The molecule has 0 atom stereocenters. The van der Waals surface area contributed by atoms with Gasteiger partial charge in [-0.05, 0) is 43.2 Å². The number of aromatic nitrogens is 6. The van der Waals surface area contributed by atoms with Crippen LogP contribution in [0.5, 0.6) is 0 Å². The third kappa shape index (κ3) is 4.12. The van der Waals surface area contributed by atoms with Crippen molar-refractivity contribution in [3.8, 4) is 22.6 Å². The van der Waals surface area contributed by atoms with Crippen LogP contribution in [0.2, 0.25) is 0 Å². The molecule has 1 saturated carbocycles. The fourth-order valence-electron chi connectivity index (χ4n) is 5.12. The van der Waals surface area contributed by atoms with Gasteiger partial charge in [-0.15, -0.1) is 0 Å². The topological polar surface area (TPSA) is 129 Å². The Morgan fingerprint density at radius 2 is 1.69 bits per heavy atom. The number of piperidine rings is 1. The highest BCUT2D eigenvalue weighted by atomic mass is 16.5. The zero-order valence-electron chi connectivity index (χ0n) is 20.0. The fourth-order valence-corrected chi connectivity index (χ4v) is 5.12. The van der Waals surface area contributed by atoms with E-state index >= 15 is 0 Å². The number of nitrogens with two attached hydrogens (primary N) is 1. The quantitative estimate of drug-likeness (QED) is 0.441. The number of carbonyl (C=O) groups excluding carboxylic acids is 1. The average molecular weight is 485 g/mol. The van der Waals surface area contributed by atoms with Crippen molar-refractivity contribution in [3.05, 3.63) is 60.4 Å². The first kappa shape index (κ1) is 22.4. The molecule has 0 spiro atoms. The van der Waals surface area contributed by atoms with Gasteiger partial charge in [0.05, 0.1) is 17.2 Å². The molecule has 4 heterocycles. The van der Waals surface area contributed by atoms with Crippen LogP contribution in [0.25, 0.3) is 22.6 Å². The summed E-state index contributed by atoms with van der Waals surface area (Å²) in [6.45, 7) is 1.88. The Balaban J connectivity index is 1.19. The summed E-state index contributed by atoms with van der Waals surface area (Å²) in [4.78, 5) is 27.4. The molecule has 3 aromatic heterocycles. The van der Waals surface area contributed by atoms with Crippen LogP contribution in [-0.4, -0.2) is 53.8 Å². The second kappa shape index (κ2) is 9.18. The number of carbonyl (C=O) groups is 1. The van der Waals surface area contributed by atoms with Crippen LogP contribution in [-0.2, 0) is 16.8 Å². The summed E-state index contributed by atoms with van der Waals surface area (Å²) in [6.07, 6.45) is 13.3. The molecule has 2 fully saturated rings. The molecule has 0 bridgehead atoms. The minimum atomic E-state index is -0.266. The Labute approximate surface area is 208 Å². The number of benzene rings is 1. The van der Waals surface area contributed by atoms with Gasteiger partial charge in [0.2, 0.25) is 11.9 Å². The first-order valence-electron chi connectivity index (χ1n) is 12.4. The second-order valence-corrected chi connectivity index (χ2v) is 9.63. The minimum absolute atomic E-state index is 0.0953. The highest BCUT2D eigenvalue weighted by Gasteiger charge is 2.44. The number of hydrogen-bond acceptors (Lipinski definition) is 8. The molecular weight excluding hydrogens is 456 g/mol. The maximum Gasteiger partial charge on any atom is 0.261 e. The van der Waals surface area contributed by atoms with Crippen molar-refractivity contribution in [1.29, 1.82) is 0 Å². The smallest absolute Gasteiger partial charge is 0.261 e.